The first-order chi connectivity index (χ1) is 8.72. The minimum atomic E-state index is -0.829. The van der Waals surface area contributed by atoms with Gasteiger partial charge in [0, 0.05) is 6.54 Å². The molecule has 0 unspecified atom stereocenters. The Morgan fingerprint density at radius 3 is 2.89 bits per heavy atom. The van der Waals surface area contributed by atoms with Gasteiger partial charge >= 0.3 is 0 Å². The molecule has 2 rings (SSSR count). The van der Waals surface area contributed by atoms with Gasteiger partial charge < -0.3 is 15.3 Å². The molecule has 0 amide bonds. The number of piperidine rings is 1. The molecule has 1 aromatic rings. The molecule has 1 saturated heterocycles. The van der Waals surface area contributed by atoms with Crippen LogP contribution >= 0.6 is 11.3 Å². The summed E-state index contributed by atoms with van der Waals surface area (Å²) < 4.78 is 0. The fraction of sp³-hybridized carbons (Fsp3) is 0.692. The second-order valence-electron chi connectivity index (χ2n) is 4.87. The van der Waals surface area contributed by atoms with E-state index in [2.05, 4.69) is 21.7 Å². The molecule has 0 aliphatic carbocycles. The number of aliphatic hydroxyl groups excluding tert-OH is 3. The molecule has 102 valence electrons. The highest BCUT2D eigenvalue weighted by molar-refractivity contribution is 7.07. The lowest BCUT2D eigenvalue weighted by Crippen LogP contribution is -2.56. The Morgan fingerprint density at radius 2 is 2.22 bits per heavy atom. The first-order valence-corrected chi connectivity index (χ1v) is 7.38. The molecule has 1 fully saturated rings. The van der Waals surface area contributed by atoms with Crippen molar-refractivity contribution in [3.05, 3.63) is 22.4 Å². The van der Waals surface area contributed by atoms with Crippen LogP contribution in [0.1, 0.15) is 18.4 Å². The van der Waals surface area contributed by atoms with E-state index in [-0.39, 0.29) is 12.6 Å². The Kier molecular flexibility index (Phi) is 5.14. The topological polar surface area (TPSA) is 63.9 Å². The minimum absolute atomic E-state index is 0.101. The van der Waals surface area contributed by atoms with E-state index in [1.807, 2.05) is 0 Å². The molecule has 0 bridgehead atoms. The predicted octanol–water partition coefficient (Wildman–Crippen LogP) is 0.469. The van der Waals surface area contributed by atoms with Gasteiger partial charge in [-0.15, -0.1) is 0 Å². The number of hydrogen-bond donors (Lipinski definition) is 3. The second kappa shape index (κ2) is 6.63. The van der Waals surface area contributed by atoms with E-state index < -0.39 is 12.2 Å². The van der Waals surface area contributed by atoms with Crippen molar-refractivity contribution < 1.29 is 15.3 Å². The Labute approximate surface area is 111 Å². The molecule has 0 aromatic carbocycles. The zero-order chi connectivity index (χ0) is 13.0. The number of likely N-dealkylation sites (tertiary alicyclic amines) is 1. The normalized spacial score (nSPS) is 29.6. The Hall–Kier alpha value is -0.460. The molecule has 1 aliphatic rings. The third-order valence-electron chi connectivity index (χ3n) is 3.65. The van der Waals surface area contributed by atoms with E-state index in [0.29, 0.717) is 6.42 Å². The third-order valence-corrected chi connectivity index (χ3v) is 4.38. The summed E-state index contributed by atoms with van der Waals surface area (Å²) in [5.74, 6) is 0. The molecule has 0 radical (unpaired) electrons. The van der Waals surface area contributed by atoms with Crippen LogP contribution in [0.25, 0.3) is 0 Å². The van der Waals surface area contributed by atoms with E-state index in [1.54, 1.807) is 11.3 Å². The largest absolute Gasteiger partial charge is 0.395 e. The summed E-state index contributed by atoms with van der Waals surface area (Å²) in [6.45, 7) is 1.49. The quantitative estimate of drug-likeness (QED) is 0.728. The monoisotopic (exact) mass is 271 g/mol. The average molecular weight is 271 g/mol. The Morgan fingerprint density at radius 1 is 1.39 bits per heavy atom. The number of hydrogen-bond acceptors (Lipinski definition) is 5. The summed E-state index contributed by atoms with van der Waals surface area (Å²) in [6.07, 6.45) is 1.09. The van der Waals surface area contributed by atoms with Crippen molar-refractivity contribution in [2.24, 2.45) is 0 Å². The molecule has 3 atom stereocenters. The van der Waals surface area contributed by atoms with Crippen LogP contribution in [0.5, 0.6) is 0 Å². The van der Waals surface area contributed by atoms with E-state index in [0.717, 1.165) is 25.9 Å². The maximum atomic E-state index is 9.84. The molecule has 1 aromatic heterocycles. The van der Waals surface area contributed by atoms with Gasteiger partial charge in [0.25, 0.3) is 0 Å². The minimum Gasteiger partial charge on any atom is -0.395 e. The average Bonchev–Trinajstić information content (AvgIpc) is 2.87. The van der Waals surface area contributed by atoms with E-state index in [4.69, 9.17) is 0 Å². The molecular formula is C13H21NO3S. The van der Waals surface area contributed by atoms with Gasteiger partial charge in [-0.1, -0.05) is 0 Å². The Bertz CT molecular complexity index is 344. The first kappa shape index (κ1) is 14.0. The molecule has 5 heteroatoms. The number of aliphatic hydroxyl groups is 3. The summed E-state index contributed by atoms with van der Waals surface area (Å²) in [6, 6.07) is 1.81. The van der Waals surface area contributed by atoms with Crippen LogP contribution in [-0.2, 0) is 6.42 Å². The molecule has 0 spiro atoms. The molecule has 0 saturated carbocycles. The van der Waals surface area contributed by atoms with E-state index >= 15 is 0 Å². The molecule has 2 heterocycles. The van der Waals surface area contributed by atoms with Crippen LogP contribution in [0.4, 0.5) is 0 Å². The molecule has 4 nitrogen and oxygen atoms in total. The van der Waals surface area contributed by atoms with Crippen LogP contribution in [0.2, 0.25) is 0 Å². The Balaban J connectivity index is 1.80. The zero-order valence-corrected chi connectivity index (χ0v) is 11.2. The van der Waals surface area contributed by atoms with E-state index in [9.17, 15) is 15.3 Å². The van der Waals surface area contributed by atoms with Gasteiger partial charge in [0.15, 0.2) is 0 Å². The summed E-state index contributed by atoms with van der Waals surface area (Å²) >= 11 is 1.70. The van der Waals surface area contributed by atoms with Gasteiger partial charge in [-0.2, -0.15) is 11.3 Å². The van der Waals surface area contributed by atoms with Crippen LogP contribution in [0.15, 0.2) is 16.8 Å². The van der Waals surface area contributed by atoms with Crippen LogP contribution < -0.4 is 0 Å². The summed E-state index contributed by atoms with van der Waals surface area (Å²) in [7, 11) is 0. The highest BCUT2D eigenvalue weighted by Crippen LogP contribution is 2.19. The van der Waals surface area contributed by atoms with Gasteiger partial charge in [-0.25, -0.2) is 0 Å². The highest BCUT2D eigenvalue weighted by Gasteiger charge is 2.34. The lowest BCUT2D eigenvalue weighted by atomic mass is 9.96. The van der Waals surface area contributed by atoms with Crippen molar-refractivity contribution >= 4 is 11.3 Å². The molecular weight excluding hydrogens is 250 g/mol. The molecule has 1 aliphatic heterocycles. The van der Waals surface area contributed by atoms with Crippen molar-refractivity contribution in [3.63, 3.8) is 0 Å². The van der Waals surface area contributed by atoms with Crippen molar-refractivity contribution in [1.29, 1.82) is 0 Å². The third kappa shape index (κ3) is 3.30. The summed E-state index contributed by atoms with van der Waals surface area (Å²) in [4.78, 5) is 2.09. The van der Waals surface area contributed by atoms with E-state index in [1.165, 1.54) is 5.56 Å². The lowest BCUT2D eigenvalue weighted by Gasteiger charge is -2.40. The zero-order valence-electron chi connectivity index (χ0n) is 10.4. The van der Waals surface area contributed by atoms with Crippen molar-refractivity contribution in [2.45, 2.75) is 37.5 Å². The van der Waals surface area contributed by atoms with Crippen LogP contribution in [-0.4, -0.2) is 58.2 Å². The molecule has 18 heavy (non-hydrogen) atoms. The van der Waals surface area contributed by atoms with Crippen molar-refractivity contribution in [2.75, 3.05) is 19.7 Å². The van der Waals surface area contributed by atoms with Gasteiger partial charge in [-0.3, -0.25) is 4.90 Å². The number of rotatable bonds is 5. The van der Waals surface area contributed by atoms with Gasteiger partial charge in [0.05, 0.1) is 24.9 Å². The maximum absolute atomic E-state index is 9.84. The number of thiophene rings is 1. The standard InChI is InChI=1S/C13H21NO3S/c15-8-11-13(17)12(16)3-6-14(11)5-1-2-10-4-7-18-9-10/h4,7,9,11-13,15-17H,1-3,5-6,8H2/t11-,12-,13-/m1/s1. The lowest BCUT2D eigenvalue weighted by molar-refractivity contribution is -0.0895. The van der Waals surface area contributed by atoms with Crippen molar-refractivity contribution in [3.8, 4) is 0 Å². The first-order valence-electron chi connectivity index (χ1n) is 6.44. The maximum Gasteiger partial charge on any atom is 0.0976 e. The van der Waals surface area contributed by atoms with Gasteiger partial charge in [-0.05, 0) is 48.2 Å². The smallest absolute Gasteiger partial charge is 0.0976 e. The number of aryl methyl sites for hydroxylation is 1. The van der Waals surface area contributed by atoms with Gasteiger partial charge in [0.2, 0.25) is 0 Å². The summed E-state index contributed by atoms with van der Waals surface area (Å²) in [5.41, 5.74) is 1.35. The SMILES string of the molecule is OC[C@@H]1[C@@H](O)[C@H](O)CCN1CCCc1ccsc1. The number of nitrogens with zero attached hydrogens (tertiary/aromatic N) is 1. The fourth-order valence-electron chi connectivity index (χ4n) is 2.53. The second-order valence-corrected chi connectivity index (χ2v) is 5.65. The van der Waals surface area contributed by atoms with Crippen LogP contribution in [0.3, 0.4) is 0 Å². The van der Waals surface area contributed by atoms with Crippen molar-refractivity contribution in [1.82, 2.24) is 4.90 Å². The highest BCUT2D eigenvalue weighted by atomic mass is 32.1. The fourth-order valence-corrected chi connectivity index (χ4v) is 3.23. The molecule has 3 N–H and O–H groups in total. The van der Waals surface area contributed by atoms with Gasteiger partial charge in [0.1, 0.15) is 0 Å². The predicted molar refractivity (Wildman–Crippen MR) is 71.7 cm³/mol. The summed E-state index contributed by atoms with van der Waals surface area (Å²) in [5, 5.41) is 33.0. The van der Waals surface area contributed by atoms with Crippen LogP contribution in [0, 0.1) is 0 Å².